The van der Waals surface area contributed by atoms with E-state index in [2.05, 4.69) is 0 Å². The lowest BCUT2D eigenvalue weighted by atomic mass is 10.2. The molecular formula is C14H13F2NOS. The van der Waals surface area contributed by atoms with Crippen LogP contribution in [0.2, 0.25) is 0 Å². The third kappa shape index (κ3) is 2.98. The molecule has 2 aromatic rings. The number of nitrogens with two attached hydrogens (primary N) is 1. The summed E-state index contributed by atoms with van der Waals surface area (Å²) < 4.78 is 38.8. The lowest BCUT2D eigenvalue weighted by Gasteiger charge is -2.08. The highest BCUT2D eigenvalue weighted by molar-refractivity contribution is 7.84. The van der Waals surface area contributed by atoms with Crippen molar-refractivity contribution in [2.75, 3.05) is 5.73 Å². The number of rotatable bonds is 3. The van der Waals surface area contributed by atoms with Gasteiger partial charge >= 0.3 is 0 Å². The second kappa shape index (κ2) is 5.48. The maximum Gasteiger partial charge on any atom is 0.162 e. The van der Waals surface area contributed by atoms with E-state index in [-0.39, 0.29) is 11.3 Å². The monoisotopic (exact) mass is 281 g/mol. The Kier molecular flexibility index (Phi) is 3.95. The summed E-state index contributed by atoms with van der Waals surface area (Å²) in [6.07, 6.45) is 0. The Morgan fingerprint density at radius 1 is 1.21 bits per heavy atom. The number of anilines is 1. The van der Waals surface area contributed by atoms with Crippen LogP contribution in [0.4, 0.5) is 14.5 Å². The molecule has 0 saturated carbocycles. The summed E-state index contributed by atoms with van der Waals surface area (Å²) in [5.74, 6) is -1.95. The van der Waals surface area contributed by atoms with Crippen molar-refractivity contribution < 1.29 is 13.0 Å². The van der Waals surface area contributed by atoms with Crippen LogP contribution in [0.15, 0.2) is 41.3 Å². The molecule has 0 aliphatic carbocycles. The van der Waals surface area contributed by atoms with Crippen LogP contribution >= 0.6 is 0 Å². The Hall–Kier alpha value is -1.75. The first kappa shape index (κ1) is 13.7. The second-order valence-electron chi connectivity index (χ2n) is 4.23. The predicted octanol–water partition coefficient (Wildman–Crippen LogP) is 3.16. The Morgan fingerprint density at radius 2 is 1.95 bits per heavy atom. The first-order chi connectivity index (χ1) is 8.99. The number of benzene rings is 2. The molecule has 0 radical (unpaired) electrons. The van der Waals surface area contributed by atoms with Crippen molar-refractivity contribution in [1.29, 1.82) is 0 Å². The summed E-state index contributed by atoms with van der Waals surface area (Å²) in [5.41, 5.74) is 7.05. The van der Waals surface area contributed by atoms with Gasteiger partial charge < -0.3 is 5.73 Å². The summed E-state index contributed by atoms with van der Waals surface area (Å²) in [6.45, 7) is 1.80. The molecule has 0 aromatic heterocycles. The summed E-state index contributed by atoms with van der Waals surface area (Å²) in [6, 6.07) is 8.93. The largest absolute Gasteiger partial charge is 0.399 e. The molecule has 0 spiro atoms. The molecule has 0 bridgehead atoms. The lowest BCUT2D eigenvalue weighted by Crippen LogP contribution is -2.03. The maximum atomic E-state index is 13.5. The zero-order valence-electron chi connectivity index (χ0n) is 10.3. The molecule has 1 atom stereocenters. The standard InChI is InChI=1S/C14H13F2NOS/c1-9-5-6-11(17)7-13(9)19(18)8-10-3-2-4-12(15)14(10)16/h2-7H,8,17H2,1H3. The minimum absolute atomic E-state index is 0.0755. The molecule has 2 rings (SSSR count). The van der Waals surface area contributed by atoms with Gasteiger partial charge in [-0.3, -0.25) is 4.21 Å². The average molecular weight is 281 g/mol. The molecule has 1 unspecified atom stereocenters. The van der Waals surface area contributed by atoms with Gasteiger partial charge in [-0.15, -0.1) is 0 Å². The summed E-state index contributed by atoms with van der Waals surface area (Å²) in [7, 11) is -1.46. The fourth-order valence-electron chi connectivity index (χ4n) is 1.74. The van der Waals surface area contributed by atoms with Gasteiger partial charge in [-0.25, -0.2) is 8.78 Å². The fraction of sp³-hybridized carbons (Fsp3) is 0.143. The average Bonchev–Trinajstić information content (AvgIpc) is 2.38. The molecule has 0 fully saturated rings. The first-order valence-corrected chi connectivity index (χ1v) is 6.98. The van der Waals surface area contributed by atoms with E-state index in [9.17, 15) is 13.0 Å². The molecule has 0 aliphatic heterocycles. The molecule has 0 amide bonds. The first-order valence-electron chi connectivity index (χ1n) is 5.66. The van der Waals surface area contributed by atoms with Crippen molar-refractivity contribution in [2.45, 2.75) is 17.6 Å². The molecule has 0 heterocycles. The van der Waals surface area contributed by atoms with Crippen LogP contribution in [-0.2, 0) is 16.6 Å². The van der Waals surface area contributed by atoms with Crippen LogP contribution in [0.25, 0.3) is 0 Å². The van der Waals surface area contributed by atoms with Crippen molar-refractivity contribution in [2.24, 2.45) is 0 Å². The van der Waals surface area contributed by atoms with Gasteiger partial charge in [-0.1, -0.05) is 18.2 Å². The van der Waals surface area contributed by atoms with Crippen molar-refractivity contribution in [3.63, 3.8) is 0 Å². The number of hydrogen-bond acceptors (Lipinski definition) is 2. The number of nitrogen functional groups attached to an aromatic ring is 1. The summed E-state index contributed by atoms with van der Waals surface area (Å²) >= 11 is 0. The molecule has 2 aromatic carbocycles. The van der Waals surface area contributed by atoms with Crippen LogP contribution in [0.5, 0.6) is 0 Å². The van der Waals surface area contributed by atoms with Gasteiger partial charge in [-0.2, -0.15) is 0 Å². The third-order valence-electron chi connectivity index (χ3n) is 2.78. The van der Waals surface area contributed by atoms with Gasteiger partial charge in [0.15, 0.2) is 11.6 Å². The van der Waals surface area contributed by atoms with Crippen LogP contribution < -0.4 is 5.73 Å². The number of halogens is 2. The highest BCUT2D eigenvalue weighted by Crippen LogP contribution is 2.21. The van der Waals surface area contributed by atoms with Gasteiger partial charge in [0, 0.05) is 16.1 Å². The number of hydrogen-bond donors (Lipinski definition) is 1. The van der Waals surface area contributed by atoms with E-state index in [1.165, 1.54) is 12.1 Å². The van der Waals surface area contributed by atoms with Crippen molar-refractivity contribution in [3.8, 4) is 0 Å². The molecular weight excluding hydrogens is 268 g/mol. The summed E-state index contributed by atoms with van der Waals surface area (Å²) in [5, 5.41) is 0. The van der Waals surface area contributed by atoms with Gasteiger partial charge in [0.1, 0.15) is 0 Å². The fourth-order valence-corrected chi connectivity index (χ4v) is 3.10. The third-order valence-corrected chi connectivity index (χ3v) is 4.28. The highest BCUT2D eigenvalue weighted by Gasteiger charge is 2.13. The van der Waals surface area contributed by atoms with Crippen LogP contribution in [0.1, 0.15) is 11.1 Å². The van der Waals surface area contributed by atoms with E-state index in [1.807, 2.05) is 0 Å². The predicted molar refractivity (Wildman–Crippen MR) is 72.1 cm³/mol. The van der Waals surface area contributed by atoms with Crippen molar-refractivity contribution in [1.82, 2.24) is 0 Å². The van der Waals surface area contributed by atoms with E-state index in [4.69, 9.17) is 5.73 Å². The van der Waals surface area contributed by atoms with E-state index >= 15 is 0 Å². The molecule has 2 N–H and O–H groups in total. The molecule has 19 heavy (non-hydrogen) atoms. The Morgan fingerprint density at radius 3 is 2.68 bits per heavy atom. The molecule has 0 saturated heterocycles. The van der Waals surface area contributed by atoms with Crippen LogP contribution in [-0.4, -0.2) is 4.21 Å². The minimum atomic E-state index is -1.46. The Bertz CT molecular complexity index is 643. The normalized spacial score (nSPS) is 12.4. The molecule has 2 nitrogen and oxygen atoms in total. The lowest BCUT2D eigenvalue weighted by molar-refractivity contribution is 0.502. The molecule has 5 heteroatoms. The smallest absolute Gasteiger partial charge is 0.162 e. The number of aryl methyl sites for hydroxylation is 1. The van der Waals surface area contributed by atoms with E-state index in [1.54, 1.807) is 25.1 Å². The van der Waals surface area contributed by atoms with Crippen LogP contribution in [0, 0.1) is 18.6 Å². The van der Waals surface area contributed by atoms with Gasteiger partial charge in [0.05, 0.1) is 16.6 Å². The Balaban J connectivity index is 2.31. The van der Waals surface area contributed by atoms with Crippen molar-refractivity contribution >= 4 is 16.5 Å². The molecule has 100 valence electrons. The van der Waals surface area contributed by atoms with Crippen molar-refractivity contribution in [3.05, 3.63) is 59.2 Å². The van der Waals surface area contributed by atoms with E-state index in [0.717, 1.165) is 11.6 Å². The van der Waals surface area contributed by atoms with E-state index in [0.29, 0.717) is 10.6 Å². The van der Waals surface area contributed by atoms with Gasteiger partial charge in [0.25, 0.3) is 0 Å². The van der Waals surface area contributed by atoms with Gasteiger partial charge in [0.2, 0.25) is 0 Å². The zero-order chi connectivity index (χ0) is 14.0. The molecule has 0 aliphatic rings. The topological polar surface area (TPSA) is 43.1 Å². The Labute approximate surface area is 112 Å². The second-order valence-corrected chi connectivity index (χ2v) is 5.65. The van der Waals surface area contributed by atoms with Gasteiger partial charge in [-0.05, 0) is 30.7 Å². The maximum absolute atomic E-state index is 13.5. The van der Waals surface area contributed by atoms with Crippen LogP contribution in [0.3, 0.4) is 0 Å². The highest BCUT2D eigenvalue weighted by atomic mass is 32.2. The van der Waals surface area contributed by atoms with E-state index < -0.39 is 22.4 Å². The SMILES string of the molecule is Cc1ccc(N)cc1S(=O)Cc1cccc(F)c1F. The quantitative estimate of drug-likeness (QED) is 0.878. The zero-order valence-corrected chi connectivity index (χ0v) is 11.1. The minimum Gasteiger partial charge on any atom is -0.399 e. The summed E-state index contributed by atoms with van der Waals surface area (Å²) in [4.78, 5) is 0.545.